The van der Waals surface area contributed by atoms with Gasteiger partial charge in [-0.3, -0.25) is 4.79 Å². The lowest BCUT2D eigenvalue weighted by atomic mass is 10.3. The van der Waals surface area contributed by atoms with Gasteiger partial charge in [0, 0.05) is 0 Å². The number of ether oxygens (including phenoxy) is 1. The van der Waals surface area contributed by atoms with Gasteiger partial charge in [-0.05, 0) is 11.5 Å². The molecule has 82 valence electrons. The van der Waals surface area contributed by atoms with Gasteiger partial charge in [-0.15, -0.1) is 5.10 Å². The number of carbonyl (C=O) groups is 2. The second-order valence-corrected chi connectivity index (χ2v) is 3.30. The van der Waals surface area contributed by atoms with Gasteiger partial charge in [-0.2, -0.15) is 0 Å². The Morgan fingerprint density at radius 2 is 2.47 bits per heavy atom. The minimum absolute atomic E-state index is 0.261. The van der Waals surface area contributed by atoms with E-state index in [9.17, 15) is 9.59 Å². The highest BCUT2D eigenvalue weighted by atomic mass is 32.1. The van der Waals surface area contributed by atoms with Crippen LogP contribution in [-0.4, -0.2) is 46.3 Å². The van der Waals surface area contributed by atoms with Gasteiger partial charge in [0.1, 0.15) is 4.88 Å². The average molecular weight is 231 g/mol. The highest BCUT2D eigenvalue weighted by Gasteiger charge is 2.21. The van der Waals surface area contributed by atoms with Crippen molar-refractivity contribution in [2.24, 2.45) is 0 Å². The molecule has 7 nitrogen and oxygen atoms in total. The van der Waals surface area contributed by atoms with E-state index in [2.05, 4.69) is 19.6 Å². The number of esters is 1. The lowest BCUT2D eigenvalue weighted by Gasteiger charge is -2.12. The first kappa shape index (κ1) is 11.5. The summed E-state index contributed by atoms with van der Waals surface area (Å²) in [7, 11) is 1.17. The topological polar surface area (TPSA) is 101 Å². The second kappa shape index (κ2) is 5.37. The summed E-state index contributed by atoms with van der Waals surface area (Å²) in [6.07, 6.45) is 1.27. The molecule has 1 unspecified atom stereocenters. The van der Waals surface area contributed by atoms with Crippen LogP contribution in [0.25, 0.3) is 0 Å². The van der Waals surface area contributed by atoms with E-state index in [1.165, 1.54) is 13.3 Å². The zero-order valence-electron chi connectivity index (χ0n) is 7.84. The Bertz CT molecular complexity index is 340. The smallest absolute Gasteiger partial charge is 0.330 e. The molecule has 0 saturated carbocycles. The first-order chi connectivity index (χ1) is 7.19. The fraction of sp³-hybridized carbons (Fsp3) is 0.429. The van der Waals surface area contributed by atoms with Crippen molar-refractivity contribution in [3.8, 4) is 0 Å². The number of methoxy groups -OCH3 is 1. The van der Waals surface area contributed by atoms with Crippen molar-refractivity contribution in [2.75, 3.05) is 13.7 Å². The molecule has 0 aliphatic rings. The fourth-order valence-corrected chi connectivity index (χ4v) is 1.24. The molecule has 1 aromatic heterocycles. The van der Waals surface area contributed by atoms with Gasteiger partial charge in [-0.25, -0.2) is 4.79 Å². The quantitative estimate of drug-likeness (QED) is 0.631. The second-order valence-electron chi connectivity index (χ2n) is 2.51. The summed E-state index contributed by atoms with van der Waals surface area (Å²) in [5, 5.41) is 14.6. The first-order valence-electron chi connectivity index (χ1n) is 3.96. The largest absolute Gasteiger partial charge is 0.467 e. The van der Waals surface area contributed by atoms with Crippen LogP contribution in [0.2, 0.25) is 0 Å². The normalized spacial score (nSPS) is 11.9. The lowest BCUT2D eigenvalue weighted by Crippen LogP contribution is -2.43. The number of hydrogen-bond donors (Lipinski definition) is 2. The summed E-state index contributed by atoms with van der Waals surface area (Å²) in [4.78, 5) is 22.7. The van der Waals surface area contributed by atoms with Crippen molar-refractivity contribution in [1.29, 1.82) is 0 Å². The molecule has 1 aromatic rings. The molecule has 8 heteroatoms. The van der Waals surface area contributed by atoms with Gasteiger partial charge < -0.3 is 15.2 Å². The molecule has 1 heterocycles. The molecular formula is C7H9N3O4S. The van der Waals surface area contributed by atoms with Crippen molar-refractivity contribution in [1.82, 2.24) is 14.9 Å². The van der Waals surface area contributed by atoms with E-state index >= 15 is 0 Å². The number of hydrogen-bond acceptors (Lipinski definition) is 7. The molecule has 0 aromatic carbocycles. The molecule has 2 N–H and O–H groups in total. The van der Waals surface area contributed by atoms with Crippen LogP contribution in [0, 0.1) is 0 Å². The summed E-state index contributed by atoms with van der Waals surface area (Å²) in [6, 6.07) is -1.07. The zero-order valence-corrected chi connectivity index (χ0v) is 8.65. The maximum Gasteiger partial charge on any atom is 0.330 e. The van der Waals surface area contributed by atoms with E-state index in [1.54, 1.807) is 0 Å². The molecule has 0 bridgehead atoms. The van der Waals surface area contributed by atoms with E-state index < -0.39 is 24.5 Å². The van der Waals surface area contributed by atoms with Crippen LogP contribution in [0.3, 0.4) is 0 Å². The third-order valence-corrected chi connectivity index (χ3v) is 2.22. The summed E-state index contributed by atoms with van der Waals surface area (Å²) < 4.78 is 7.87. The van der Waals surface area contributed by atoms with Crippen LogP contribution in [0.1, 0.15) is 9.67 Å². The predicted molar refractivity (Wildman–Crippen MR) is 50.3 cm³/mol. The Morgan fingerprint density at radius 1 is 1.73 bits per heavy atom. The van der Waals surface area contributed by atoms with Gasteiger partial charge in [0.05, 0.1) is 19.9 Å². The zero-order chi connectivity index (χ0) is 11.3. The van der Waals surface area contributed by atoms with E-state index in [-0.39, 0.29) is 4.88 Å². The summed E-state index contributed by atoms with van der Waals surface area (Å²) in [5.41, 5.74) is 0. The van der Waals surface area contributed by atoms with Crippen LogP contribution in [0.4, 0.5) is 0 Å². The molecule has 0 saturated heterocycles. The highest BCUT2D eigenvalue weighted by Crippen LogP contribution is 2.02. The molecule has 0 aliphatic heterocycles. The Hall–Kier alpha value is -1.54. The molecule has 1 amide bonds. The molecule has 0 aliphatic carbocycles. The Morgan fingerprint density at radius 3 is 2.93 bits per heavy atom. The highest BCUT2D eigenvalue weighted by molar-refractivity contribution is 7.07. The number of rotatable bonds is 4. The van der Waals surface area contributed by atoms with E-state index in [1.807, 2.05) is 0 Å². The molecule has 1 rings (SSSR count). The first-order valence-corrected chi connectivity index (χ1v) is 4.73. The van der Waals surface area contributed by atoms with Crippen LogP contribution in [0.5, 0.6) is 0 Å². The molecule has 0 fully saturated rings. The number of aliphatic hydroxyl groups excluding tert-OH is 1. The number of carbonyl (C=O) groups excluding carboxylic acids is 2. The van der Waals surface area contributed by atoms with Crippen LogP contribution >= 0.6 is 11.5 Å². The van der Waals surface area contributed by atoms with Crippen molar-refractivity contribution < 1.29 is 19.4 Å². The number of aliphatic hydroxyl groups is 1. The third-order valence-electron chi connectivity index (χ3n) is 1.56. The summed E-state index contributed by atoms with van der Waals surface area (Å²) >= 11 is 0.896. The molecule has 0 spiro atoms. The molecule has 1 atom stereocenters. The van der Waals surface area contributed by atoms with Crippen LogP contribution in [-0.2, 0) is 9.53 Å². The average Bonchev–Trinajstić information content (AvgIpc) is 2.77. The van der Waals surface area contributed by atoms with Crippen molar-refractivity contribution in [2.45, 2.75) is 6.04 Å². The minimum atomic E-state index is -1.07. The van der Waals surface area contributed by atoms with Crippen molar-refractivity contribution in [3.63, 3.8) is 0 Å². The standard InChI is InChI=1S/C7H9N3O4S/c1-14-7(13)4(3-11)9-6(12)5-2-8-10-15-5/h2,4,11H,3H2,1H3,(H,9,12). The van der Waals surface area contributed by atoms with E-state index in [0.717, 1.165) is 11.5 Å². The van der Waals surface area contributed by atoms with E-state index in [4.69, 9.17) is 5.11 Å². The molecular weight excluding hydrogens is 222 g/mol. The third kappa shape index (κ3) is 2.96. The molecule has 15 heavy (non-hydrogen) atoms. The fourth-order valence-electron chi connectivity index (χ4n) is 0.818. The maximum absolute atomic E-state index is 11.4. The van der Waals surface area contributed by atoms with Crippen molar-refractivity contribution in [3.05, 3.63) is 11.1 Å². The maximum atomic E-state index is 11.4. The predicted octanol–water partition coefficient (Wildman–Crippen LogP) is -1.20. The van der Waals surface area contributed by atoms with Gasteiger partial charge in [-0.1, -0.05) is 4.49 Å². The van der Waals surface area contributed by atoms with Crippen LogP contribution < -0.4 is 5.32 Å². The van der Waals surface area contributed by atoms with Crippen molar-refractivity contribution >= 4 is 23.4 Å². The number of nitrogens with one attached hydrogen (secondary N) is 1. The Balaban J connectivity index is 2.60. The number of aromatic nitrogens is 2. The van der Waals surface area contributed by atoms with E-state index in [0.29, 0.717) is 0 Å². The summed E-state index contributed by atoms with van der Waals surface area (Å²) in [6.45, 7) is -0.523. The monoisotopic (exact) mass is 231 g/mol. The number of amides is 1. The van der Waals surface area contributed by atoms with Gasteiger partial charge in [0.2, 0.25) is 0 Å². The SMILES string of the molecule is COC(=O)C(CO)NC(=O)c1cnns1. The van der Waals surface area contributed by atoms with Gasteiger partial charge >= 0.3 is 5.97 Å². The van der Waals surface area contributed by atoms with Crippen LogP contribution in [0.15, 0.2) is 6.20 Å². The van der Waals surface area contributed by atoms with Gasteiger partial charge in [0.25, 0.3) is 5.91 Å². The molecule has 0 radical (unpaired) electrons. The summed E-state index contributed by atoms with van der Waals surface area (Å²) in [5.74, 6) is -1.22. The Labute approximate surface area is 89.2 Å². The minimum Gasteiger partial charge on any atom is -0.467 e. The lowest BCUT2D eigenvalue weighted by molar-refractivity contribution is -0.143. The Kier molecular flexibility index (Phi) is 4.13. The van der Waals surface area contributed by atoms with Gasteiger partial charge in [0.15, 0.2) is 6.04 Å². The number of nitrogens with zero attached hydrogens (tertiary/aromatic N) is 2.